The van der Waals surface area contributed by atoms with Gasteiger partial charge in [0.25, 0.3) is 11.7 Å². The molecule has 30 heavy (non-hydrogen) atoms. The van der Waals surface area contributed by atoms with E-state index in [0.717, 1.165) is 22.6 Å². The fourth-order valence-corrected chi connectivity index (χ4v) is 4.65. The van der Waals surface area contributed by atoms with E-state index < -0.39 is 17.7 Å². The highest BCUT2D eigenvalue weighted by atomic mass is 32.1. The van der Waals surface area contributed by atoms with E-state index in [1.165, 1.54) is 16.2 Å². The molecule has 6 nitrogen and oxygen atoms in total. The minimum Gasteiger partial charge on any atom is -0.507 e. The summed E-state index contributed by atoms with van der Waals surface area (Å²) in [5.41, 5.74) is 2.07. The van der Waals surface area contributed by atoms with Crippen LogP contribution in [0.3, 0.4) is 0 Å². The molecule has 1 N–H and O–H groups in total. The standard InChI is InChI=1S/C23H18N2O4S/c26-21(15-6-7-18-14(12-15)8-10-29-18)19-20(17-5-1-2-9-24-17)25(23(28)22(19)27)13-16-4-3-11-30-16/h1-7,9,11-12,20,26H,8,10,13H2/b21-19-. The Morgan fingerprint density at radius 3 is 2.87 bits per heavy atom. The fourth-order valence-electron chi connectivity index (χ4n) is 3.95. The van der Waals surface area contributed by atoms with Gasteiger partial charge in [0.05, 0.1) is 24.4 Å². The van der Waals surface area contributed by atoms with Crippen molar-refractivity contribution in [2.24, 2.45) is 0 Å². The second kappa shape index (κ2) is 7.42. The third-order valence-corrected chi connectivity index (χ3v) is 6.24. The van der Waals surface area contributed by atoms with E-state index in [9.17, 15) is 14.7 Å². The van der Waals surface area contributed by atoms with Crippen molar-refractivity contribution in [1.82, 2.24) is 9.88 Å². The van der Waals surface area contributed by atoms with Crippen LogP contribution in [0.4, 0.5) is 0 Å². The first-order chi connectivity index (χ1) is 14.6. The van der Waals surface area contributed by atoms with Gasteiger partial charge < -0.3 is 14.7 Å². The number of aromatic nitrogens is 1. The fraction of sp³-hybridized carbons (Fsp3) is 0.174. The van der Waals surface area contributed by atoms with Crippen LogP contribution in [0.25, 0.3) is 5.76 Å². The Bertz CT molecular complexity index is 1160. The molecule has 1 atom stereocenters. The molecule has 4 heterocycles. The monoisotopic (exact) mass is 418 g/mol. The number of fused-ring (bicyclic) bond motifs is 1. The predicted octanol–water partition coefficient (Wildman–Crippen LogP) is 3.70. The summed E-state index contributed by atoms with van der Waals surface area (Å²) in [4.78, 5) is 32.8. The Morgan fingerprint density at radius 2 is 2.10 bits per heavy atom. The third-order valence-electron chi connectivity index (χ3n) is 5.38. The van der Waals surface area contributed by atoms with Gasteiger partial charge in [0, 0.05) is 23.1 Å². The van der Waals surface area contributed by atoms with Crippen LogP contribution in [0.15, 0.2) is 65.7 Å². The number of amides is 1. The Hall–Kier alpha value is -3.45. The first-order valence-electron chi connectivity index (χ1n) is 9.61. The van der Waals surface area contributed by atoms with Crippen LogP contribution in [0.2, 0.25) is 0 Å². The molecule has 0 bridgehead atoms. The molecule has 7 heteroatoms. The maximum Gasteiger partial charge on any atom is 0.296 e. The number of ketones is 1. The maximum absolute atomic E-state index is 13.0. The summed E-state index contributed by atoms with van der Waals surface area (Å²) in [6.45, 7) is 0.872. The minimum atomic E-state index is -0.752. The van der Waals surface area contributed by atoms with Crippen molar-refractivity contribution in [3.63, 3.8) is 0 Å². The van der Waals surface area contributed by atoms with Crippen molar-refractivity contribution >= 4 is 28.8 Å². The summed E-state index contributed by atoms with van der Waals surface area (Å²) >= 11 is 1.51. The molecule has 2 aromatic heterocycles. The van der Waals surface area contributed by atoms with E-state index in [0.29, 0.717) is 17.9 Å². The van der Waals surface area contributed by atoms with Gasteiger partial charge in [-0.05, 0) is 47.3 Å². The molecule has 1 unspecified atom stereocenters. The van der Waals surface area contributed by atoms with Gasteiger partial charge in [-0.1, -0.05) is 12.1 Å². The molecule has 0 aliphatic carbocycles. The summed E-state index contributed by atoms with van der Waals surface area (Å²) in [6.07, 6.45) is 2.36. The number of rotatable bonds is 4. The number of aliphatic hydroxyl groups excluding tert-OH is 1. The number of carbonyl (C=O) groups is 2. The lowest BCUT2D eigenvalue weighted by atomic mass is 9.97. The molecule has 2 aliphatic heterocycles. The highest BCUT2D eigenvalue weighted by Gasteiger charge is 2.46. The first-order valence-corrected chi connectivity index (χ1v) is 10.5. The number of benzene rings is 1. The minimum absolute atomic E-state index is 0.0640. The van der Waals surface area contributed by atoms with Gasteiger partial charge in [-0.2, -0.15) is 0 Å². The normalized spacial score (nSPS) is 19.7. The molecule has 0 saturated carbocycles. The van der Waals surface area contributed by atoms with E-state index in [1.54, 1.807) is 36.5 Å². The number of nitrogens with zero attached hydrogens (tertiary/aromatic N) is 2. The molecule has 1 aromatic carbocycles. The Morgan fingerprint density at radius 1 is 1.20 bits per heavy atom. The molecule has 0 spiro atoms. The largest absolute Gasteiger partial charge is 0.507 e. The Balaban J connectivity index is 1.64. The zero-order chi connectivity index (χ0) is 20.7. The second-order valence-corrected chi connectivity index (χ2v) is 8.21. The Labute approximate surface area is 177 Å². The molecule has 150 valence electrons. The van der Waals surface area contributed by atoms with Crippen molar-refractivity contribution in [2.75, 3.05) is 6.61 Å². The van der Waals surface area contributed by atoms with Crippen LogP contribution >= 0.6 is 11.3 Å². The number of hydrogen-bond donors (Lipinski definition) is 1. The summed E-state index contributed by atoms with van der Waals surface area (Å²) in [5, 5.41) is 13.1. The summed E-state index contributed by atoms with van der Waals surface area (Å²) in [6, 6.07) is 13.7. The quantitative estimate of drug-likeness (QED) is 0.397. The molecule has 1 amide bonds. The van der Waals surface area contributed by atoms with E-state index in [-0.39, 0.29) is 17.9 Å². The number of Topliss-reactive ketones (excluding diaryl/α,β-unsaturated/α-hetero) is 1. The van der Waals surface area contributed by atoms with Gasteiger partial charge >= 0.3 is 0 Å². The molecule has 1 fully saturated rings. The lowest BCUT2D eigenvalue weighted by molar-refractivity contribution is -0.140. The van der Waals surface area contributed by atoms with Crippen LogP contribution < -0.4 is 4.74 Å². The second-order valence-electron chi connectivity index (χ2n) is 7.18. The number of hydrogen-bond acceptors (Lipinski definition) is 6. The zero-order valence-electron chi connectivity index (χ0n) is 15.9. The molecule has 0 radical (unpaired) electrons. The number of carbonyl (C=O) groups excluding carboxylic acids is 2. The van der Waals surface area contributed by atoms with E-state index >= 15 is 0 Å². The van der Waals surface area contributed by atoms with Crippen LogP contribution in [-0.4, -0.2) is 33.3 Å². The average Bonchev–Trinajstić information content (AvgIpc) is 3.50. The van der Waals surface area contributed by atoms with Gasteiger partial charge in [0.2, 0.25) is 0 Å². The van der Waals surface area contributed by atoms with Gasteiger partial charge in [-0.25, -0.2) is 0 Å². The van der Waals surface area contributed by atoms with Crippen LogP contribution in [-0.2, 0) is 22.6 Å². The summed E-state index contributed by atoms with van der Waals surface area (Å²) < 4.78 is 5.53. The van der Waals surface area contributed by atoms with Crippen molar-refractivity contribution < 1.29 is 19.4 Å². The topological polar surface area (TPSA) is 79.7 Å². The molecule has 2 aliphatic rings. The van der Waals surface area contributed by atoms with Gasteiger partial charge in [0.1, 0.15) is 17.6 Å². The van der Waals surface area contributed by atoms with E-state index in [2.05, 4.69) is 4.98 Å². The number of aliphatic hydroxyl groups is 1. The van der Waals surface area contributed by atoms with Gasteiger partial charge in [-0.3, -0.25) is 14.6 Å². The van der Waals surface area contributed by atoms with Crippen molar-refractivity contribution in [2.45, 2.75) is 19.0 Å². The predicted molar refractivity (Wildman–Crippen MR) is 112 cm³/mol. The van der Waals surface area contributed by atoms with Crippen molar-refractivity contribution in [3.8, 4) is 5.75 Å². The SMILES string of the molecule is O=C1C(=O)N(Cc2cccs2)C(c2ccccn2)/C1=C(/O)c1ccc2c(c1)CCO2. The van der Waals surface area contributed by atoms with Crippen LogP contribution in [0, 0.1) is 0 Å². The molecule has 5 rings (SSSR count). The maximum atomic E-state index is 13.0. The lowest BCUT2D eigenvalue weighted by Crippen LogP contribution is -2.29. The first kappa shape index (κ1) is 18.6. The highest BCUT2D eigenvalue weighted by molar-refractivity contribution is 7.09. The highest BCUT2D eigenvalue weighted by Crippen LogP contribution is 2.40. The van der Waals surface area contributed by atoms with Crippen molar-refractivity contribution in [3.05, 3.63) is 87.4 Å². The summed E-state index contributed by atoms with van der Waals surface area (Å²) in [7, 11) is 0. The van der Waals surface area contributed by atoms with E-state index in [4.69, 9.17) is 4.74 Å². The van der Waals surface area contributed by atoms with Crippen LogP contribution in [0.1, 0.15) is 27.7 Å². The number of ether oxygens (including phenoxy) is 1. The third kappa shape index (κ3) is 3.07. The number of likely N-dealkylation sites (tertiary alicyclic amines) is 1. The molecule has 1 saturated heterocycles. The van der Waals surface area contributed by atoms with Crippen LogP contribution in [0.5, 0.6) is 5.75 Å². The molecular weight excluding hydrogens is 400 g/mol. The number of pyridine rings is 1. The molecule has 3 aromatic rings. The Kier molecular flexibility index (Phi) is 4.59. The van der Waals surface area contributed by atoms with Gasteiger partial charge in [-0.15, -0.1) is 11.3 Å². The lowest BCUT2D eigenvalue weighted by Gasteiger charge is -2.24. The zero-order valence-corrected chi connectivity index (χ0v) is 16.8. The van der Waals surface area contributed by atoms with E-state index in [1.807, 2.05) is 23.6 Å². The smallest absolute Gasteiger partial charge is 0.296 e. The molecular formula is C23H18N2O4S. The van der Waals surface area contributed by atoms with Crippen molar-refractivity contribution in [1.29, 1.82) is 0 Å². The average molecular weight is 418 g/mol. The number of thiophene rings is 1. The van der Waals surface area contributed by atoms with Gasteiger partial charge in [0.15, 0.2) is 0 Å². The summed E-state index contributed by atoms with van der Waals surface area (Å²) in [5.74, 6) is -0.736.